The molecule has 1 heterocycles. The first-order valence-electron chi connectivity index (χ1n) is 8.30. The van der Waals surface area contributed by atoms with Crippen LogP contribution in [-0.2, 0) is 6.54 Å². The number of benzene rings is 2. The minimum atomic E-state index is -0.146. The molecule has 134 valence electrons. The molecule has 0 saturated carbocycles. The fourth-order valence-electron chi connectivity index (χ4n) is 2.66. The lowest BCUT2D eigenvalue weighted by Crippen LogP contribution is -2.30. The van der Waals surface area contributed by atoms with E-state index in [2.05, 4.69) is 17.7 Å². The molecule has 0 unspecified atom stereocenters. The van der Waals surface area contributed by atoms with E-state index >= 15 is 0 Å². The summed E-state index contributed by atoms with van der Waals surface area (Å²) in [6.45, 7) is 4.56. The number of nitrogens with zero attached hydrogens (tertiary/aromatic N) is 4. The molecule has 0 aliphatic rings. The van der Waals surface area contributed by atoms with Crippen LogP contribution in [-0.4, -0.2) is 27.1 Å². The Hall–Kier alpha value is -3.36. The summed E-state index contributed by atoms with van der Waals surface area (Å²) < 4.78 is 1.62. The normalized spacial score (nSPS) is 10.2. The van der Waals surface area contributed by atoms with Crippen LogP contribution in [0.3, 0.4) is 0 Å². The van der Waals surface area contributed by atoms with Crippen LogP contribution in [0.15, 0.2) is 73.6 Å². The molecule has 5 nitrogen and oxygen atoms in total. The molecule has 1 aromatic heterocycles. The van der Waals surface area contributed by atoms with E-state index in [1.165, 1.54) is 6.20 Å². The van der Waals surface area contributed by atoms with Gasteiger partial charge in [0.25, 0.3) is 5.91 Å². The third kappa shape index (κ3) is 4.43. The zero-order chi connectivity index (χ0) is 19.2. The first-order valence-corrected chi connectivity index (χ1v) is 8.68. The van der Waals surface area contributed by atoms with Crippen molar-refractivity contribution in [3.05, 3.63) is 95.3 Å². The van der Waals surface area contributed by atoms with Gasteiger partial charge in [-0.05, 0) is 35.9 Å². The maximum Gasteiger partial charge on any atom is 0.257 e. The van der Waals surface area contributed by atoms with Crippen molar-refractivity contribution in [3.8, 4) is 11.8 Å². The maximum absolute atomic E-state index is 12.9. The number of nitriles is 1. The highest BCUT2D eigenvalue weighted by molar-refractivity contribution is 6.30. The summed E-state index contributed by atoms with van der Waals surface area (Å²) in [7, 11) is 0. The third-order valence-corrected chi connectivity index (χ3v) is 4.23. The van der Waals surface area contributed by atoms with Crippen LogP contribution in [0.2, 0.25) is 5.02 Å². The molecule has 3 aromatic rings. The van der Waals surface area contributed by atoms with Gasteiger partial charge in [0.2, 0.25) is 0 Å². The lowest BCUT2D eigenvalue weighted by molar-refractivity contribution is 0.0762. The molecule has 0 aliphatic heterocycles. The van der Waals surface area contributed by atoms with E-state index in [0.717, 1.165) is 11.3 Å². The number of rotatable bonds is 6. The maximum atomic E-state index is 12.9. The minimum Gasteiger partial charge on any atom is -0.331 e. The highest BCUT2D eigenvalue weighted by Crippen LogP contribution is 2.16. The largest absolute Gasteiger partial charge is 0.331 e. The van der Waals surface area contributed by atoms with Gasteiger partial charge in [-0.1, -0.05) is 35.9 Å². The Labute approximate surface area is 162 Å². The lowest BCUT2D eigenvalue weighted by Gasteiger charge is -2.20. The van der Waals surface area contributed by atoms with E-state index in [4.69, 9.17) is 16.9 Å². The van der Waals surface area contributed by atoms with Gasteiger partial charge in [-0.15, -0.1) is 6.58 Å². The molecule has 0 radical (unpaired) electrons. The molecule has 6 heteroatoms. The fraction of sp³-hybridized carbons (Fsp3) is 0.0952. The molecule has 1 amide bonds. The molecule has 0 atom stereocenters. The van der Waals surface area contributed by atoms with E-state index in [0.29, 0.717) is 29.2 Å². The molecular formula is C21H17ClN4O. The number of halogens is 1. The van der Waals surface area contributed by atoms with Gasteiger partial charge >= 0.3 is 0 Å². The summed E-state index contributed by atoms with van der Waals surface area (Å²) >= 11 is 6.02. The number of amides is 1. The van der Waals surface area contributed by atoms with Gasteiger partial charge in [0.1, 0.15) is 0 Å². The van der Waals surface area contributed by atoms with Gasteiger partial charge in [-0.3, -0.25) is 4.79 Å². The average molecular weight is 377 g/mol. The van der Waals surface area contributed by atoms with E-state index in [-0.39, 0.29) is 5.91 Å². The van der Waals surface area contributed by atoms with Crippen molar-refractivity contribution in [2.45, 2.75) is 6.54 Å². The highest BCUT2D eigenvalue weighted by Gasteiger charge is 2.17. The van der Waals surface area contributed by atoms with Gasteiger partial charge < -0.3 is 4.90 Å². The van der Waals surface area contributed by atoms with Gasteiger partial charge in [0.05, 0.1) is 29.1 Å². The van der Waals surface area contributed by atoms with Crippen LogP contribution >= 0.6 is 11.6 Å². The Balaban J connectivity index is 1.80. The Kier molecular flexibility index (Phi) is 5.70. The number of carbonyl (C=O) groups excluding carboxylic acids is 1. The van der Waals surface area contributed by atoms with E-state index < -0.39 is 0 Å². The summed E-state index contributed by atoms with van der Waals surface area (Å²) in [4.78, 5) is 14.6. The van der Waals surface area contributed by atoms with Crippen molar-refractivity contribution < 1.29 is 4.79 Å². The SMILES string of the molecule is C=CCN(Cc1ccc(C#N)cc1)C(=O)c1cnn(-c2cccc(Cl)c2)c1. The molecule has 0 spiro atoms. The van der Waals surface area contributed by atoms with Gasteiger partial charge in [0, 0.05) is 24.3 Å². The van der Waals surface area contributed by atoms with Crippen LogP contribution in [0, 0.1) is 11.3 Å². The Bertz CT molecular complexity index is 1000. The van der Waals surface area contributed by atoms with Crippen LogP contribution in [0.5, 0.6) is 0 Å². The predicted octanol–water partition coefficient (Wildman–Crippen LogP) is 4.23. The van der Waals surface area contributed by atoms with Crippen molar-refractivity contribution in [2.75, 3.05) is 6.54 Å². The fourth-order valence-corrected chi connectivity index (χ4v) is 2.84. The summed E-state index contributed by atoms with van der Waals surface area (Å²) in [5.41, 5.74) is 2.78. The monoisotopic (exact) mass is 376 g/mol. The summed E-state index contributed by atoms with van der Waals surface area (Å²) in [5, 5.41) is 13.8. The van der Waals surface area contributed by atoms with E-state index in [1.54, 1.807) is 46.1 Å². The highest BCUT2D eigenvalue weighted by atomic mass is 35.5. The molecular weight excluding hydrogens is 360 g/mol. The van der Waals surface area contributed by atoms with Crippen molar-refractivity contribution in [3.63, 3.8) is 0 Å². The number of hydrogen-bond donors (Lipinski definition) is 0. The summed E-state index contributed by atoms with van der Waals surface area (Å²) in [6, 6.07) is 16.5. The summed E-state index contributed by atoms with van der Waals surface area (Å²) in [5.74, 6) is -0.146. The van der Waals surface area contributed by atoms with Crippen LogP contribution in [0.1, 0.15) is 21.5 Å². The average Bonchev–Trinajstić information content (AvgIpc) is 3.18. The second kappa shape index (κ2) is 8.35. The molecule has 0 bridgehead atoms. The van der Waals surface area contributed by atoms with Crippen LogP contribution in [0.25, 0.3) is 5.69 Å². The smallest absolute Gasteiger partial charge is 0.257 e. The minimum absolute atomic E-state index is 0.146. The quantitative estimate of drug-likeness (QED) is 0.605. The Morgan fingerprint density at radius 3 is 2.74 bits per heavy atom. The topological polar surface area (TPSA) is 61.9 Å². The van der Waals surface area contributed by atoms with Crippen molar-refractivity contribution in [2.24, 2.45) is 0 Å². The zero-order valence-corrected chi connectivity index (χ0v) is 15.3. The predicted molar refractivity (Wildman–Crippen MR) is 105 cm³/mol. The van der Waals surface area contributed by atoms with Gasteiger partial charge in [-0.25, -0.2) is 4.68 Å². The number of carbonyl (C=O) groups is 1. The molecule has 0 fully saturated rings. The van der Waals surface area contributed by atoms with E-state index in [1.807, 2.05) is 24.3 Å². The van der Waals surface area contributed by atoms with Gasteiger partial charge in [0.15, 0.2) is 0 Å². The van der Waals surface area contributed by atoms with Crippen LogP contribution < -0.4 is 0 Å². The third-order valence-electron chi connectivity index (χ3n) is 4.00. The number of hydrogen-bond acceptors (Lipinski definition) is 3. The van der Waals surface area contributed by atoms with Crippen molar-refractivity contribution >= 4 is 17.5 Å². The molecule has 3 rings (SSSR count). The van der Waals surface area contributed by atoms with Gasteiger partial charge in [-0.2, -0.15) is 10.4 Å². The van der Waals surface area contributed by atoms with Crippen LogP contribution in [0.4, 0.5) is 0 Å². The first kappa shape index (κ1) is 18.4. The zero-order valence-electron chi connectivity index (χ0n) is 14.5. The second-order valence-corrected chi connectivity index (χ2v) is 6.37. The van der Waals surface area contributed by atoms with Crippen molar-refractivity contribution in [1.29, 1.82) is 5.26 Å². The standard InChI is InChI=1S/C21H17ClN4O/c1-2-10-25(14-17-8-6-16(12-23)7-9-17)21(27)18-13-24-26(15-18)20-5-3-4-19(22)11-20/h2-9,11,13,15H,1,10,14H2. The molecule has 27 heavy (non-hydrogen) atoms. The number of aromatic nitrogens is 2. The molecule has 0 aliphatic carbocycles. The summed E-state index contributed by atoms with van der Waals surface area (Å²) in [6.07, 6.45) is 4.91. The molecule has 0 N–H and O–H groups in total. The first-order chi connectivity index (χ1) is 13.1. The van der Waals surface area contributed by atoms with E-state index in [9.17, 15) is 4.79 Å². The van der Waals surface area contributed by atoms with Crippen molar-refractivity contribution in [1.82, 2.24) is 14.7 Å². The Morgan fingerprint density at radius 2 is 2.07 bits per heavy atom. The molecule has 2 aromatic carbocycles. The second-order valence-electron chi connectivity index (χ2n) is 5.94. The Morgan fingerprint density at radius 1 is 1.30 bits per heavy atom. The lowest BCUT2D eigenvalue weighted by atomic mass is 10.1. The molecule has 0 saturated heterocycles.